The summed E-state index contributed by atoms with van der Waals surface area (Å²) in [4.78, 5) is 25.4. The minimum atomic E-state index is -0.448. The number of rotatable bonds is 8. The quantitative estimate of drug-likeness (QED) is 0.702. The third-order valence-electron chi connectivity index (χ3n) is 3.50. The summed E-state index contributed by atoms with van der Waals surface area (Å²) >= 11 is 1.37. The number of carbonyl (C=O) groups is 2. The van der Waals surface area contributed by atoms with Crippen molar-refractivity contribution in [2.45, 2.75) is 26.7 Å². The summed E-state index contributed by atoms with van der Waals surface area (Å²) in [5.41, 5.74) is 0.367. The van der Waals surface area contributed by atoms with Gasteiger partial charge in [0, 0.05) is 4.88 Å². The van der Waals surface area contributed by atoms with E-state index in [0.29, 0.717) is 22.1 Å². The monoisotopic (exact) mass is 377 g/mol. The van der Waals surface area contributed by atoms with Crippen molar-refractivity contribution in [2.75, 3.05) is 25.6 Å². The van der Waals surface area contributed by atoms with Crippen molar-refractivity contribution in [1.29, 1.82) is 0 Å². The van der Waals surface area contributed by atoms with E-state index in [-0.39, 0.29) is 25.0 Å². The maximum absolute atomic E-state index is 12.3. The molecule has 0 aliphatic carbocycles. The Balaban J connectivity index is 2.09. The lowest BCUT2D eigenvalue weighted by atomic mass is 10.1. The second-order valence-electron chi connectivity index (χ2n) is 5.75. The molecular weight excluding hydrogens is 354 g/mol. The van der Waals surface area contributed by atoms with Gasteiger partial charge in [0.05, 0.1) is 19.3 Å². The number of hydrogen-bond acceptors (Lipinski definition) is 6. The van der Waals surface area contributed by atoms with Crippen molar-refractivity contribution < 1.29 is 23.8 Å². The number of nitrogens with one attached hydrogen (secondary N) is 1. The molecule has 0 atom stereocenters. The highest BCUT2D eigenvalue weighted by molar-refractivity contribution is 7.16. The van der Waals surface area contributed by atoms with Crippen LogP contribution in [0.1, 0.15) is 41.9 Å². The maximum Gasteiger partial charge on any atom is 0.341 e. The number of methoxy groups -OCH3 is 1. The van der Waals surface area contributed by atoms with Crippen LogP contribution in [0.4, 0.5) is 5.00 Å². The largest absolute Gasteiger partial charge is 0.493 e. The second kappa shape index (κ2) is 9.24. The van der Waals surface area contributed by atoms with E-state index in [1.165, 1.54) is 18.4 Å². The minimum absolute atomic E-state index is 0.197. The molecule has 1 N–H and O–H groups in total. The van der Waals surface area contributed by atoms with E-state index in [9.17, 15) is 9.59 Å². The third kappa shape index (κ3) is 4.98. The standard InChI is InChI=1S/C19H23NO5S/c1-5-24-19(22)13-10-16(12(2)3)26-18(13)20-17(21)11-25-15-9-7-6-8-14(15)23-4/h6-10,12H,5,11H2,1-4H3,(H,20,21). The van der Waals surface area contributed by atoms with Crippen molar-refractivity contribution in [1.82, 2.24) is 0 Å². The van der Waals surface area contributed by atoms with Crippen molar-refractivity contribution in [3.05, 3.63) is 40.8 Å². The summed E-state index contributed by atoms with van der Waals surface area (Å²) in [6, 6.07) is 8.85. The van der Waals surface area contributed by atoms with Crippen LogP contribution in [0.3, 0.4) is 0 Å². The van der Waals surface area contributed by atoms with Gasteiger partial charge in [-0.1, -0.05) is 26.0 Å². The van der Waals surface area contributed by atoms with Crippen molar-refractivity contribution in [3.8, 4) is 11.5 Å². The molecule has 0 radical (unpaired) electrons. The smallest absolute Gasteiger partial charge is 0.341 e. The molecule has 0 bridgehead atoms. The van der Waals surface area contributed by atoms with Crippen LogP contribution in [-0.2, 0) is 9.53 Å². The molecule has 2 rings (SSSR count). The Morgan fingerprint density at radius 3 is 2.50 bits per heavy atom. The fourth-order valence-electron chi connectivity index (χ4n) is 2.19. The molecule has 0 aliphatic heterocycles. The molecule has 0 aliphatic rings. The number of thiophene rings is 1. The molecule has 6 nitrogen and oxygen atoms in total. The number of hydrogen-bond donors (Lipinski definition) is 1. The summed E-state index contributed by atoms with van der Waals surface area (Å²) in [7, 11) is 1.53. The molecule has 140 valence electrons. The highest BCUT2D eigenvalue weighted by atomic mass is 32.1. The van der Waals surface area contributed by atoms with Gasteiger partial charge in [-0.25, -0.2) is 4.79 Å². The van der Waals surface area contributed by atoms with Crippen molar-refractivity contribution in [2.24, 2.45) is 0 Å². The molecule has 1 heterocycles. The Bertz CT molecular complexity index is 769. The average Bonchev–Trinajstić information content (AvgIpc) is 3.04. The van der Waals surface area contributed by atoms with E-state index in [0.717, 1.165) is 4.88 Å². The zero-order valence-electron chi connectivity index (χ0n) is 15.3. The fourth-order valence-corrected chi connectivity index (χ4v) is 3.26. The van der Waals surface area contributed by atoms with E-state index in [4.69, 9.17) is 14.2 Å². The number of carbonyl (C=O) groups excluding carboxylic acids is 2. The first-order valence-electron chi connectivity index (χ1n) is 8.32. The molecule has 1 amide bonds. The summed E-state index contributed by atoms with van der Waals surface area (Å²) in [6.07, 6.45) is 0. The number of esters is 1. The third-order valence-corrected chi connectivity index (χ3v) is 4.85. The molecule has 0 unspecified atom stereocenters. The maximum atomic E-state index is 12.3. The van der Waals surface area contributed by atoms with Crippen LogP contribution < -0.4 is 14.8 Å². The van der Waals surface area contributed by atoms with Crippen LogP contribution in [0.25, 0.3) is 0 Å². The normalized spacial score (nSPS) is 10.5. The number of amides is 1. The first-order chi connectivity index (χ1) is 12.5. The van der Waals surface area contributed by atoms with Gasteiger partial charge < -0.3 is 19.5 Å². The van der Waals surface area contributed by atoms with Gasteiger partial charge in [-0.05, 0) is 31.0 Å². The minimum Gasteiger partial charge on any atom is -0.493 e. The van der Waals surface area contributed by atoms with Gasteiger partial charge in [0.15, 0.2) is 18.1 Å². The summed E-state index contributed by atoms with van der Waals surface area (Å²) in [6.45, 7) is 5.87. The SMILES string of the molecule is CCOC(=O)c1cc(C(C)C)sc1NC(=O)COc1ccccc1OC. The second-order valence-corrected chi connectivity index (χ2v) is 6.84. The van der Waals surface area contributed by atoms with Crippen LogP contribution in [0.5, 0.6) is 11.5 Å². The lowest BCUT2D eigenvalue weighted by Crippen LogP contribution is -2.21. The molecule has 7 heteroatoms. The lowest BCUT2D eigenvalue weighted by Gasteiger charge is -2.10. The molecule has 0 saturated heterocycles. The molecule has 1 aromatic carbocycles. The lowest BCUT2D eigenvalue weighted by molar-refractivity contribution is -0.118. The van der Waals surface area contributed by atoms with E-state index in [2.05, 4.69) is 5.32 Å². The Morgan fingerprint density at radius 1 is 1.19 bits per heavy atom. The summed E-state index contributed by atoms with van der Waals surface area (Å²) in [5, 5.41) is 3.22. The molecular formula is C19H23NO5S. The molecule has 0 saturated carbocycles. The van der Waals surface area contributed by atoms with Crippen molar-refractivity contribution in [3.63, 3.8) is 0 Å². The fraction of sp³-hybridized carbons (Fsp3) is 0.368. The summed E-state index contributed by atoms with van der Waals surface area (Å²) < 4.78 is 15.8. The Labute approximate surface area is 157 Å². The first-order valence-corrected chi connectivity index (χ1v) is 9.14. The predicted molar refractivity (Wildman–Crippen MR) is 101 cm³/mol. The molecule has 2 aromatic rings. The highest BCUT2D eigenvalue weighted by Gasteiger charge is 2.20. The average molecular weight is 377 g/mol. The van der Waals surface area contributed by atoms with Gasteiger partial charge >= 0.3 is 5.97 Å². The van der Waals surface area contributed by atoms with Gasteiger partial charge in [-0.2, -0.15) is 0 Å². The Kier molecular flexibility index (Phi) is 7.03. The highest BCUT2D eigenvalue weighted by Crippen LogP contribution is 2.33. The first kappa shape index (κ1) is 19.8. The molecule has 0 fully saturated rings. The van der Waals surface area contributed by atoms with Crippen LogP contribution in [-0.4, -0.2) is 32.2 Å². The van der Waals surface area contributed by atoms with E-state index in [1.807, 2.05) is 19.9 Å². The zero-order valence-corrected chi connectivity index (χ0v) is 16.1. The van der Waals surface area contributed by atoms with E-state index < -0.39 is 5.97 Å². The van der Waals surface area contributed by atoms with Gasteiger partial charge in [-0.3, -0.25) is 4.79 Å². The molecule has 1 aromatic heterocycles. The van der Waals surface area contributed by atoms with Crippen LogP contribution >= 0.6 is 11.3 Å². The molecule has 0 spiro atoms. The van der Waals surface area contributed by atoms with Crippen LogP contribution in [0, 0.1) is 0 Å². The van der Waals surface area contributed by atoms with E-state index >= 15 is 0 Å². The predicted octanol–water partition coefficient (Wildman–Crippen LogP) is 4.07. The number of ether oxygens (including phenoxy) is 3. The van der Waals surface area contributed by atoms with Gasteiger partial charge in [0.25, 0.3) is 5.91 Å². The van der Waals surface area contributed by atoms with Gasteiger partial charge in [0.1, 0.15) is 5.00 Å². The summed E-state index contributed by atoms with van der Waals surface area (Å²) in [5.74, 6) is 0.453. The van der Waals surface area contributed by atoms with Crippen LogP contribution in [0.2, 0.25) is 0 Å². The van der Waals surface area contributed by atoms with Gasteiger partial charge in [-0.15, -0.1) is 11.3 Å². The zero-order chi connectivity index (χ0) is 19.1. The van der Waals surface area contributed by atoms with Gasteiger partial charge in [0.2, 0.25) is 0 Å². The topological polar surface area (TPSA) is 73.9 Å². The molecule has 26 heavy (non-hydrogen) atoms. The van der Waals surface area contributed by atoms with Crippen molar-refractivity contribution >= 4 is 28.2 Å². The van der Waals surface area contributed by atoms with Crippen LogP contribution in [0.15, 0.2) is 30.3 Å². The Hall–Kier alpha value is -2.54. The number of para-hydroxylation sites is 2. The number of benzene rings is 1. The Morgan fingerprint density at radius 2 is 1.88 bits per heavy atom. The number of anilines is 1. The van der Waals surface area contributed by atoms with E-state index in [1.54, 1.807) is 31.2 Å².